The molecule has 1 heterocycles. The summed E-state index contributed by atoms with van der Waals surface area (Å²) in [5.74, 6) is 0.0516. The summed E-state index contributed by atoms with van der Waals surface area (Å²) in [4.78, 5) is 16.7. The lowest BCUT2D eigenvalue weighted by atomic mass is 9.91. The molecule has 1 fully saturated rings. The van der Waals surface area contributed by atoms with Crippen LogP contribution in [0.1, 0.15) is 20.8 Å². The molecule has 5 heteroatoms. The highest BCUT2D eigenvalue weighted by atomic mass is 32.1. The van der Waals surface area contributed by atoms with Crippen molar-refractivity contribution in [3.05, 3.63) is 0 Å². The van der Waals surface area contributed by atoms with Crippen molar-refractivity contribution in [2.24, 2.45) is 11.1 Å². The van der Waals surface area contributed by atoms with Crippen LogP contribution in [0.15, 0.2) is 0 Å². The fourth-order valence-corrected chi connectivity index (χ4v) is 1.86. The van der Waals surface area contributed by atoms with Crippen molar-refractivity contribution in [3.8, 4) is 0 Å². The number of rotatable bonds is 3. The first kappa shape index (κ1) is 13.4. The second-order valence-electron chi connectivity index (χ2n) is 4.72. The number of carbonyl (C=O) groups is 1. The van der Waals surface area contributed by atoms with Gasteiger partial charge in [0.25, 0.3) is 0 Å². The molecule has 1 aliphatic rings. The third kappa shape index (κ3) is 2.71. The van der Waals surface area contributed by atoms with Crippen molar-refractivity contribution in [1.82, 2.24) is 9.80 Å². The molecule has 0 aromatic heterocycles. The minimum absolute atomic E-state index is 0.0516. The normalized spacial score (nSPS) is 18.6. The van der Waals surface area contributed by atoms with Gasteiger partial charge < -0.3 is 15.5 Å². The highest BCUT2D eigenvalue weighted by Crippen LogP contribution is 2.20. The lowest BCUT2D eigenvalue weighted by Crippen LogP contribution is -2.54. The molecule has 92 valence electrons. The van der Waals surface area contributed by atoms with Crippen molar-refractivity contribution >= 4 is 23.1 Å². The Bertz CT molecular complexity index is 283. The Balaban J connectivity index is 2.60. The molecule has 4 nitrogen and oxygen atoms in total. The first-order valence-corrected chi connectivity index (χ1v) is 6.12. The zero-order chi connectivity index (χ0) is 12.3. The van der Waals surface area contributed by atoms with Crippen LogP contribution in [0.5, 0.6) is 0 Å². The predicted molar refractivity (Wildman–Crippen MR) is 69.3 cm³/mol. The molecular formula is C11H21N3OS. The zero-order valence-electron chi connectivity index (χ0n) is 10.3. The molecule has 0 spiro atoms. The van der Waals surface area contributed by atoms with Crippen molar-refractivity contribution in [2.75, 3.05) is 32.7 Å². The van der Waals surface area contributed by atoms with Crippen LogP contribution in [0.4, 0.5) is 0 Å². The maximum absolute atomic E-state index is 12.2. The van der Waals surface area contributed by atoms with E-state index in [1.165, 1.54) is 0 Å². The van der Waals surface area contributed by atoms with Gasteiger partial charge in [-0.25, -0.2) is 0 Å². The monoisotopic (exact) mass is 243 g/mol. The van der Waals surface area contributed by atoms with E-state index in [1.54, 1.807) is 13.8 Å². The molecule has 1 aliphatic heterocycles. The SMILES string of the molecule is CCN1CCN(C(=O)C(C)(C)C(N)=S)CC1. The van der Waals surface area contributed by atoms with Crippen LogP contribution in [0, 0.1) is 5.41 Å². The van der Waals surface area contributed by atoms with Crippen molar-refractivity contribution in [1.29, 1.82) is 0 Å². The van der Waals surface area contributed by atoms with Gasteiger partial charge in [0, 0.05) is 26.2 Å². The summed E-state index contributed by atoms with van der Waals surface area (Å²) in [7, 11) is 0. The van der Waals surface area contributed by atoms with Gasteiger partial charge in [-0.1, -0.05) is 19.1 Å². The van der Waals surface area contributed by atoms with E-state index in [0.29, 0.717) is 0 Å². The molecule has 0 aromatic rings. The number of piperazine rings is 1. The lowest BCUT2D eigenvalue weighted by molar-refractivity contribution is -0.138. The molecule has 0 saturated carbocycles. The first-order valence-electron chi connectivity index (χ1n) is 5.71. The van der Waals surface area contributed by atoms with E-state index >= 15 is 0 Å². The Hall–Kier alpha value is -0.680. The zero-order valence-corrected chi connectivity index (χ0v) is 11.1. The van der Waals surface area contributed by atoms with E-state index in [4.69, 9.17) is 18.0 Å². The Morgan fingerprint density at radius 3 is 2.19 bits per heavy atom. The quantitative estimate of drug-likeness (QED) is 0.732. The summed E-state index contributed by atoms with van der Waals surface area (Å²) < 4.78 is 0. The molecule has 0 radical (unpaired) electrons. The van der Waals surface area contributed by atoms with Gasteiger partial charge in [-0.15, -0.1) is 0 Å². The number of hydrogen-bond acceptors (Lipinski definition) is 3. The fourth-order valence-electron chi connectivity index (χ4n) is 1.77. The topological polar surface area (TPSA) is 49.6 Å². The summed E-state index contributed by atoms with van der Waals surface area (Å²) in [6.07, 6.45) is 0. The maximum Gasteiger partial charge on any atom is 0.235 e. The maximum atomic E-state index is 12.2. The van der Waals surface area contributed by atoms with Crippen molar-refractivity contribution < 1.29 is 4.79 Å². The molecule has 1 amide bonds. The van der Waals surface area contributed by atoms with Gasteiger partial charge in [0.1, 0.15) is 0 Å². The Kier molecular flexibility index (Phi) is 4.27. The van der Waals surface area contributed by atoms with Crippen LogP contribution < -0.4 is 5.73 Å². The van der Waals surface area contributed by atoms with E-state index in [2.05, 4.69) is 11.8 Å². The van der Waals surface area contributed by atoms with Gasteiger partial charge in [-0.2, -0.15) is 0 Å². The summed E-state index contributed by atoms with van der Waals surface area (Å²) in [6.45, 7) is 10.2. The molecule has 2 N–H and O–H groups in total. The Labute approximate surface area is 103 Å². The highest BCUT2D eigenvalue weighted by molar-refractivity contribution is 7.80. The summed E-state index contributed by atoms with van der Waals surface area (Å²) in [5.41, 5.74) is 4.89. The number of nitrogens with zero attached hydrogens (tertiary/aromatic N) is 2. The molecular weight excluding hydrogens is 222 g/mol. The highest BCUT2D eigenvalue weighted by Gasteiger charge is 2.35. The van der Waals surface area contributed by atoms with Gasteiger partial charge >= 0.3 is 0 Å². The molecule has 0 unspecified atom stereocenters. The van der Waals surface area contributed by atoms with Gasteiger partial charge in [0.15, 0.2) is 0 Å². The van der Waals surface area contributed by atoms with Crippen LogP contribution in [0.2, 0.25) is 0 Å². The van der Waals surface area contributed by atoms with Crippen molar-refractivity contribution in [3.63, 3.8) is 0 Å². The smallest absolute Gasteiger partial charge is 0.235 e. The fraction of sp³-hybridized carbons (Fsp3) is 0.818. The van der Waals surface area contributed by atoms with E-state index in [-0.39, 0.29) is 10.9 Å². The average Bonchev–Trinajstić information content (AvgIpc) is 2.28. The van der Waals surface area contributed by atoms with Crippen LogP contribution >= 0.6 is 12.2 Å². The molecule has 0 aromatic carbocycles. The second-order valence-corrected chi connectivity index (χ2v) is 5.16. The molecule has 0 atom stereocenters. The number of hydrogen-bond donors (Lipinski definition) is 1. The third-order valence-electron chi connectivity index (χ3n) is 3.26. The van der Waals surface area contributed by atoms with Crippen molar-refractivity contribution in [2.45, 2.75) is 20.8 Å². The van der Waals surface area contributed by atoms with E-state index < -0.39 is 5.41 Å². The van der Waals surface area contributed by atoms with E-state index in [9.17, 15) is 4.79 Å². The van der Waals surface area contributed by atoms with Crippen LogP contribution in [-0.4, -0.2) is 53.4 Å². The number of likely N-dealkylation sites (N-methyl/N-ethyl adjacent to an activating group) is 1. The van der Waals surface area contributed by atoms with Gasteiger partial charge in [-0.05, 0) is 20.4 Å². The molecule has 1 saturated heterocycles. The predicted octanol–water partition coefficient (Wildman–Crippen LogP) is 0.463. The van der Waals surface area contributed by atoms with Crippen LogP contribution in [0.3, 0.4) is 0 Å². The van der Waals surface area contributed by atoms with E-state index in [1.807, 2.05) is 4.90 Å². The number of amides is 1. The Morgan fingerprint density at radius 2 is 1.81 bits per heavy atom. The first-order chi connectivity index (χ1) is 7.39. The Morgan fingerprint density at radius 1 is 1.31 bits per heavy atom. The van der Waals surface area contributed by atoms with Gasteiger partial charge in [0.05, 0.1) is 10.4 Å². The lowest BCUT2D eigenvalue weighted by Gasteiger charge is -2.37. The van der Waals surface area contributed by atoms with Crippen LogP contribution in [-0.2, 0) is 4.79 Å². The summed E-state index contributed by atoms with van der Waals surface area (Å²) in [6, 6.07) is 0. The molecule has 0 aliphatic carbocycles. The van der Waals surface area contributed by atoms with Gasteiger partial charge in [0.2, 0.25) is 5.91 Å². The minimum Gasteiger partial charge on any atom is -0.392 e. The summed E-state index contributed by atoms with van der Waals surface area (Å²) >= 11 is 4.94. The average molecular weight is 243 g/mol. The number of nitrogens with two attached hydrogens (primary N) is 1. The largest absolute Gasteiger partial charge is 0.392 e. The number of thiocarbonyl (C=S) groups is 1. The molecule has 0 bridgehead atoms. The second kappa shape index (κ2) is 5.10. The minimum atomic E-state index is -0.719. The third-order valence-corrected chi connectivity index (χ3v) is 3.77. The van der Waals surface area contributed by atoms with Crippen LogP contribution in [0.25, 0.3) is 0 Å². The van der Waals surface area contributed by atoms with E-state index in [0.717, 1.165) is 32.7 Å². The summed E-state index contributed by atoms with van der Waals surface area (Å²) in [5, 5.41) is 0. The standard InChI is InChI=1S/C11H21N3OS/c1-4-13-5-7-14(8-6-13)10(15)11(2,3)9(12)16/h4-8H2,1-3H3,(H2,12,16). The molecule has 16 heavy (non-hydrogen) atoms. The molecule has 1 rings (SSSR count). The van der Waals surface area contributed by atoms with Gasteiger partial charge in [-0.3, -0.25) is 4.79 Å². The number of carbonyl (C=O) groups excluding carboxylic acids is 1.